The Morgan fingerprint density at radius 1 is 1.42 bits per heavy atom. The van der Waals surface area contributed by atoms with Crippen LogP contribution in [0.4, 0.5) is 0 Å². The van der Waals surface area contributed by atoms with Gasteiger partial charge in [0.15, 0.2) is 5.69 Å². The fourth-order valence-electron chi connectivity index (χ4n) is 3.01. The van der Waals surface area contributed by atoms with E-state index in [2.05, 4.69) is 15.5 Å². The first-order valence-corrected chi connectivity index (χ1v) is 6.68. The molecular formula is C13H17N3O3. The van der Waals surface area contributed by atoms with Crippen LogP contribution in [0.5, 0.6) is 0 Å². The summed E-state index contributed by atoms with van der Waals surface area (Å²) in [6.07, 6.45) is 7.06. The minimum atomic E-state index is -1.11. The normalized spacial score (nSPS) is 24.1. The number of aromatic carboxylic acids is 1. The van der Waals surface area contributed by atoms with E-state index in [0.29, 0.717) is 5.41 Å². The van der Waals surface area contributed by atoms with Gasteiger partial charge in [-0.25, -0.2) is 4.79 Å². The minimum absolute atomic E-state index is 0.0625. The molecule has 2 aliphatic carbocycles. The van der Waals surface area contributed by atoms with Crippen LogP contribution in [0.1, 0.15) is 59.5 Å². The number of H-pyrrole nitrogens is 1. The van der Waals surface area contributed by atoms with Gasteiger partial charge in [0.2, 0.25) is 0 Å². The van der Waals surface area contributed by atoms with Gasteiger partial charge in [-0.1, -0.05) is 6.42 Å². The molecule has 0 aliphatic heterocycles. The van der Waals surface area contributed by atoms with Gasteiger partial charge in [-0.05, 0) is 37.5 Å². The average Bonchev–Trinajstić information content (AvgIpc) is 2.95. The predicted molar refractivity (Wildman–Crippen MR) is 66.9 cm³/mol. The number of carbonyl (C=O) groups is 2. The zero-order valence-electron chi connectivity index (χ0n) is 10.6. The van der Waals surface area contributed by atoms with E-state index in [-0.39, 0.29) is 23.3 Å². The molecule has 2 saturated carbocycles. The van der Waals surface area contributed by atoms with Gasteiger partial charge >= 0.3 is 5.97 Å². The summed E-state index contributed by atoms with van der Waals surface area (Å²) in [4.78, 5) is 22.7. The monoisotopic (exact) mass is 263 g/mol. The Kier molecular flexibility index (Phi) is 2.80. The third-order valence-corrected chi connectivity index (χ3v) is 4.27. The lowest BCUT2D eigenvalue weighted by Gasteiger charge is -2.29. The summed E-state index contributed by atoms with van der Waals surface area (Å²) in [6, 6.07) is 1.47. The van der Waals surface area contributed by atoms with Gasteiger partial charge < -0.3 is 10.4 Å². The molecule has 0 radical (unpaired) electrons. The van der Waals surface area contributed by atoms with E-state index in [1.165, 1.54) is 25.3 Å². The van der Waals surface area contributed by atoms with Crippen molar-refractivity contribution in [3.05, 3.63) is 17.5 Å². The van der Waals surface area contributed by atoms with Crippen molar-refractivity contribution in [1.29, 1.82) is 0 Å². The molecule has 1 heterocycles. The first-order chi connectivity index (χ1) is 9.08. The molecule has 2 fully saturated rings. The average molecular weight is 263 g/mol. The fraction of sp³-hybridized carbons (Fsp3) is 0.615. The molecular weight excluding hydrogens is 246 g/mol. The zero-order chi connectivity index (χ0) is 13.5. The summed E-state index contributed by atoms with van der Waals surface area (Å²) in [5.41, 5.74) is 0.578. The first kappa shape index (κ1) is 12.2. The van der Waals surface area contributed by atoms with E-state index in [0.717, 1.165) is 19.3 Å². The Labute approximate surface area is 110 Å². The molecule has 1 spiro atoms. The van der Waals surface area contributed by atoms with Crippen molar-refractivity contribution in [2.24, 2.45) is 5.41 Å². The van der Waals surface area contributed by atoms with E-state index in [1.54, 1.807) is 0 Å². The molecule has 3 N–H and O–H groups in total. The van der Waals surface area contributed by atoms with E-state index in [4.69, 9.17) is 5.11 Å². The maximum Gasteiger partial charge on any atom is 0.353 e. The lowest BCUT2D eigenvalue weighted by molar-refractivity contribution is 0.0690. The lowest BCUT2D eigenvalue weighted by atomic mass is 9.83. The molecule has 6 nitrogen and oxygen atoms in total. The number of aromatic amines is 1. The number of hydrogen-bond donors (Lipinski definition) is 3. The third kappa shape index (κ3) is 2.47. The maximum absolute atomic E-state index is 12.0. The highest BCUT2D eigenvalue weighted by atomic mass is 16.4. The van der Waals surface area contributed by atoms with Crippen LogP contribution in [0.2, 0.25) is 0 Å². The van der Waals surface area contributed by atoms with Crippen LogP contribution in [0.3, 0.4) is 0 Å². The SMILES string of the molecule is O=C(NC1CCCC2(CC2)C1)c1cc(C(=O)O)[nH]n1. The van der Waals surface area contributed by atoms with Gasteiger partial charge in [-0.15, -0.1) is 0 Å². The number of carboxylic acid groups (broad SMARTS) is 1. The highest BCUT2D eigenvalue weighted by molar-refractivity contribution is 5.95. The second kappa shape index (κ2) is 4.36. The van der Waals surface area contributed by atoms with Crippen LogP contribution in [0, 0.1) is 5.41 Å². The van der Waals surface area contributed by atoms with Gasteiger partial charge in [0.1, 0.15) is 5.69 Å². The molecule has 0 bridgehead atoms. The number of amides is 1. The minimum Gasteiger partial charge on any atom is -0.477 e. The summed E-state index contributed by atoms with van der Waals surface area (Å²) in [5.74, 6) is -1.40. The van der Waals surface area contributed by atoms with Crippen molar-refractivity contribution in [3.8, 4) is 0 Å². The van der Waals surface area contributed by atoms with Crippen LogP contribution >= 0.6 is 0 Å². The Hall–Kier alpha value is -1.85. The molecule has 1 amide bonds. The number of carboxylic acids is 1. The molecule has 2 aliphatic rings. The smallest absolute Gasteiger partial charge is 0.353 e. The van der Waals surface area contributed by atoms with Crippen LogP contribution in [-0.2, 0) is 0 Å². The highest BCUT2D eigenvalue weighted by Gasteiger charge is 2.45. The second-order valence-corrected chi connectivity index (χ2v) is 5.74. The van der Waals surface area contributed by atoms with Crippen molar-refractivity contribution in [2.75, 3.05) is 0 Å². The number of carbonyl (C=O) groups excluding carboxylic acids is 1. The van der Waals surface area contributed by atoms with E-state index < -0.39 is 5.97 Å². The molecule has 3 rings (SSSR count). The molecule has 1 aromatic rings. The molecule has 6 heteroatoms. The molecule has 19 heavy (non-hydrogen) atoms. The van der Waals surface area contributed by atoms with Crippen LogP contribution in [0.15, 0.2) is 6.07 Å². The second-order valence-electron chi connectivity index (χ2n) is 5.74. The summed E-state index contributed by atoms with van der Waals surface area (Å²) >= 11 is 0. The summed E-state index contributed by atoms with van der Waals surface area (Å²) in [7, 11) is 0. The van der Waals surface area contributed by atoms with Gasteiger partial charge in [-0.3, -0.25) is 9.89 Å². The van der Waals surface area contributed by atoms with Crippen molar-refractivity contribution in [2.45, 2.75) is 44.6 Å². The third-order valence-electron chi connectivity index (χ3n) is 4.27. The van der Waals surface area contributed by atoms with E-state index in [1.807, 2.05) is 0 Å². The number of nitrogens with one attached hydrogen (secondary N) is 2. The van der Waals surface area contributed by atoms with Crippen LogP contribution < -0.4 is 5.32 Å². The Balaban J connectivity index is 1.62. The molecule has 0 aromatic carbocycles. The zero-order valence-corrected chi connectivity index (χ0v) is 10.6. The van der Waals surface area contributed by atoms with Crippen LogP contribution in [-0.4, -0.2) is 33.2 Å². The first-order valence-electron chi connectivity index (χ1n) is 6.68. The van der Waals surface area contributed by atoms with Gasteiger partial charge in [0.05, 0.1) is 0 Å². The number of aromatic nitrogens is 2. The Bertz CT molecular complexity index is 519. The summed E-state index contributed by atoms with van der Waals surface area (Å²) in [5, 5.41) is 17.8. The number of nitrogens with zero attached hydrogens (tertiary/aromatic N) is 1. The standard InChI is InChI=1S/C13H17N3O3/c17-11(9-6-10(12(18)19)16-15-9)14-8-2-1-3-13(7-8)4-5-13/h6,8H,1-5,7H2,(H,14,17)(H,15,16)(H,18,19). The van der Waals surface area contributed by atoms with Crippen molar-refractivity contribution < 1.29 is 14.7 Å². The Morgan fingerprint density at radius 2 is 2.21 bits per heavy atom. The highest BCUT2D eigenvalue weighted by Crippen LogP contribution is 2.56. The lowest BCUT2D eigenvalue weighted by Crippen LogP contribution is -2.39. The maximum atomic E-state index is 12.0. The molecule has 1 aromatic heterocycles. The van der Waals surface area contributed by atoms with Crippen molar-refractivity contribution in [1.82, 2.24) is 15.5 Å². The largest absolute Gasteiger partial charge is 0.477 e. The quantitative estimate of drug-likeness (QED) is 0.771. The molecule has 1 unspecified atom stereocenters. The van der Waals surface area contributed by atoms with Gasteiger partial charge in [-0.2, -0.15) is 5.10 Å². The van der Waals surface area contributed by atoms with E-state index in [9.17, 15) is 9.59 Å². The predicted octanol–water partition coefficient (Wildman–Crippen LogP) is 1.56. The molecule has 1 atom stereocenters. The molecule has 0 saturated heterocycles. The Morgan fingerprint density at radius 3 is 2.84 bits per heavy atom. The van der Waals surface area contributed by atoms with Gasteiger partial charge in [0.25, 0.3) is 5.91 Å². The van der Waals surface area contributed by atoms with E-state index >= 15 is 0 Å². The molecule has 102 valence electrons. The van der Waals surface area contributed by atoms with Gasteiger partial charge in [0, 0.05) is 12.1 Å². The topological polar surface area (TPSA) is 95.1 Å². The van der Waals surface area contributed by atoms with Crippen LogP contribution in [0.25, 0.3) is 0 Å². The summed E-state index contributed by atoms with van der Waals surface area (Å²) in [6.45, 7) is 0. The fourth-order valence-corrected chi connectivity index (χ4v) is 3.01. The summed E-state index contributed by atoms with van der Waals surface area (Å²) < 4.78 is 0. The number of hydrogen-bond acceptors (Lipinski definition) is 3. The van der Waals surface area contributed by atoms with Crippen molar-refractivity contribution >= 4 is 11.9 Å². The number of rotatable bonds is 3. The van der Waals surface area contributed by atoms with Crippen molar-refractivity contribution in [3.63, 3.8) is 0 Å².